The number of benzene rings is 1. The molecule has 1 aromatic rings. The van der Waals surface area contributed by atoms with E-state index >= 15 is 0 Å². The highest BCUT2D eigenvalue weighted by molar-refractivity contribution is 5.46. The molecule has 1 heterocycles. The quantitative estimate of drug-likeness (QED) is 0.867. The largest absolute Gasteiger partial charge is 0.497 e. The molecule has 0 amide bonds. The van der Waals surface area contributed by atoms with Gasteiger partial charge in [0.2, 0.25) is 0 Å². The Bertz CT molecular complexity index is 350. The first kappa shape index (κ1) is 13.2. The third-order valence-corrected chi connectivity index (χ3v) is 3.82. The smallest absolute Gasteiger partial charge is 0.119 e. The average Bonchev–Trinajstić information content (AvgIpc) is 2.42. The van der Waals surface area contributed by atoms with Crippen LogP contribution in [0.25, 0.3) is 0 Å². The molecule has 1 fully saturated rings. The average molecular weight is 248 g/mol. The Hall–Kier alpha value is -1.22. The first-order valence-corrected chi connectivity index (χ1v) is 6.88. The Balaban J connectivity index is 1.73. The molecule has 1 atom stereocenters. The summed E-state index contributed by atoms with van der Waals surface area (Å²) in [6.45, 7) is 2.30. The lowest BCUT2D eigenvalue weighted by molar-refractivity contribution is 0.179. The van der Waals surface area contributed by atoms with Crippen molar-refractivity contribution in [1.82, 2.24) is 4.90 Å². The van der Waals surface area contributed by atoms with E-state index in [1.54, 1.807) is 7.11 Å². The van der Waals surface area contributed by atoms with Crippen LogP contribution in [0.5, 0.6) is 5.75 Å². The van der Waals surface area contributed by atoms with E-state index < -0.39 is 0 Å². The van der Waals surface area contributed by atoms with Crippen molar-refractivity contribution < 1.29 is 4.74 Å². The summed E-state index contributed by atoms with van der Waals surface area (Å²) in [7, 11) is 3.94. The van der Waals surface area contributed by atoms with E-state index in [0.29, 0.717) is 0 Å². The van der Waals surface area contributed by atoms with Gasteiger partial charge in [0.15, 0.2) is 0 Å². The summed E-state index contributed by atoms with van der Waals surface area (Å²) in [5.41, 5.74) is 1.18. The van der Waals surface area contributed by atoms with E-state index in [1.165, 1.54) is 37.9 Å². The van der Waals surface area contributed by atoms with Gasteiger partial charge in [0.05, 0.1) is 7.11 Å². The molecule has 0 aromatic heterocycles. The Morgan fingerprint density at radius 3 is 2.72 bits per heavy atom. The predicted molar refractivity (Wildman–Crippen MR) is 76.4 cm³/mol. The van der Waals surface area contributed by atoms with Crippen molar-refractivity contribution in [3.8, 4) is 5.75 Å². The van der Waals surface area contributed by atoms with Gasteiger partial charge in [-0.3, -0.25) is 0 Å². The number of anilines is 1. The second-order valence-electron chi connectivity index (χ2n) is 5.07. The molecule has 3 heteroatoms. The number of hydrogen-bond acceptors (Lipinski definition) is 3. The Labute approximate surface area is 110 Å². The van der Waals surface area contributed by atoms with E-state index in [-0.39, 0.29) is 0 Å². The van der Waals surface area contributed by atoms with Crippen LogP contribution in [0.15, 0.2) is 24.3 Å². The maximum atomic E-state index is 5.15. The lowest BCUT2D eigenvalue weighted by Gasteiger charge is -2.32. The number of likely N-dealkylation sites (tertiary alicyclic amines) is 1. The van der Waals surface area contributed by atoms with Crippen LogP contribution in [0.3, 0.4) is 0 Å². The molecule has 0 radical (unpaired) electrons. The topological polar surface area (TPSA) is 24.5 Å². The molecule has 1 aliphatic heterocycles. The van der Waals surface area contributed by atoms with Crippen LogP contribution < -0.4 is 10.1 Å². The zero-order chi connectivity index (χ0) is 12.8. The molecule has 2 rings (SSSR count). The summed E-state index contributed by atoms with van der Waals surface area (Å²) in [6, 6.07) is 8.89. The third-order valence-electron chi connectivity index (χ3n) is 3.82. The van der Waals surface area contributed by atoms with Crippen molar-refractivity contribution in [1.29, 1.82) is 0 Å². The zero-order valence-electron chi connectivity index (χ0n) is 11.5. The van der Waals surface area contributed by atoms with Crippen molar-refractivity contribution >= 4 is 5.69 Å². The van der Waals surface area contributed by atoms with Gasteiger partial charge < -0.3 is 15.0 Å². The van der Waals surface area contributed by atoms with E-state index in [2.05, 4.69) is 29.4 Å². The molecule has 0 aliphatic carbocycles. The van der Waals surface area contributed by atoms with E-state index in [1.807, 2.05) is 12.1 Å². The summed E-state index contributed by atoms with van der Waals surface area (Å²) in [5, 5.41) is 3.48. The molecular weight excluding hydrogens is 224 g/mol. The highest BCUT2D eigenvalue weighted by Gasteiger charge is 2.17. The minimum absolute atomic E-state index is 0.754. The fourth-order valence-electron chi connectivity index (χ4n) is 2.60. The van der Waals surface area contributed by atoms with Crippen LogP contribution in [0.4, 0.5) is 5.69 Å². The van der Waals surface area contributed by atoms with Gasteiger partial charge in [-0.1, -0.05) is 6.42 Å². The molecule has 3 nitrogen and oxygen atoms in total. The van der Waals surface area contributed by atoms with Crippen LogP contribution >= 0.6 is 0 Å². The van der Waals surface area contributed by atoms with Gasteiger partial charge in [0.25, 0.3) is 0 Å². The summed E-state index contributed by atoms with van der Waals surface area (Å²) < 4.78 is 5.15. The van der Waals surface area contributed by atoms with Crippen molar-refractivity contribution in [3.63, 3.8) is 0 Å². The molecule has 1 saturated heterocycles. The minimum Gasteiger partial charge on any atom is -0.497 e. The molecule has 1 aromatic carbocycles. The number of hydrogen-bond donors (Lipinski definition) is 1. The fourth-order valence-corrected chi connectivity index (χ4v) is 2.60. The Morgan fingerprint density at radius 1 is 1.28 bits per heavy atom. The second kappa shape index (κ2) is 6.64. The van der Waals surface area contributed by atoms with Gasteiger partial charge in [-0.05, 0) is 57.1 Å². The van der Waals surface area contributed by atoms with Crippen LogP contribution in [0.1, 0.15) is 25.7 Å². The summed E-state index contributed by atoms with van der Waals surface area (Å²) in [4.78, 5) is 2.50. The van der Waals surface area contributed by atoms with Gasteiger partial charge in [-0.15, -0.1) is 0 Å². The second-order valence-corrected chi connectivity index (χ2v) is 5.07. The highest BCUT2D eigenvalue weighted by Crippen LogP contribution is 2.19. The molecular formula is C15H24N2O. The highest BCUT2D eigenvalue weighted by atomic mass is 16.5. The first-order chi connectivity index (χ1) is 8.79. The number of nitrogens with zero attached hydrogens (tertiary/aromatic N) is 1. The Morgan fingerprint density at radius 2 is 2.06 bits per heavy atom. The van der Waals surface area contributed by atoms with Crippen LogP contribution in [-0.2, 0) is 0 Å². The summed E-state index contributed by atoms with van der Waals surface area (Å²) in [6.07, 6.45) is 5.32. The molecule has 18 heavy (non-hydrogen) atoms. The van der Waals surface area contributed by atoms with Gasteiger partial charge >= 0.3 is 0 Å². The molecule has 1 unspecified atom stereocenters. The summed E-state index contributed by atoms with van der Waals surface area (Å²) >= 11 is 0. The zero-order valence-corrected chi connectivity index (χ0v) is 11.5. The van der Waals surface area contributed by atoms with Gasteiger partial charge in [0.1, 0.15) is 5.75 Å². The molecule has 1 N–H and O–H groups in total. The van der Waals surface area contributed by atoms with Gasteiger partial charge in [-0.25, -0.2) is 0 Å². The molecule has 100 valence electrons. The van der Waals surface area contributed by atoms with Crippen LogP contribution in [0.2, 0.25) is 0 Å². The molecule has 0 saturated carbocycles. The maximum absolute atomic E-state index is 5.15. The van der Waals surface area contributed by atoms with E-state index in [4.69, 9.17) is 4.74 Å². The fraction of sp³-hybridized carbons (Fsp3) is 0.600. The monoisotopic (exact) mass is 248 g/mol. The maximum Gasteiger partial charge on any atom is 0.119 e. The third kappa shape index (κ3) is 3.64. The minimum atomic E-state index is 0.754. The van der Waals surface area contributed by atoms with E-state index in [0.717, 1.165) is 18.3 Å². The lowest BCUT2D eigenvalue weighted by Crippen LogP contribution is -2.37. The number of methoxy groups -OCH3 is 1. The van der Waals surface area contributed by atoms with E-state index in [9.17, 15) is 0 Å². The lowest BCUT2D eigenvalue weighted by atomic mass is 10.0. The van der Waals surface area contributed by atoms with Crippen molar-refractivity contribution in [2.75, 3.05) is 32.6 Å². The Kier molecular flexibility index (Phi) is 4.88. The molecule has 0 bridgehead atoms. The number of ether oxygens (including phenoxy) is 1. The van der Waals surface area contributed by atoms with Crippen molar-refractivity contribution in [3.05, 3.63) is 24.3 Å². The first-order valence-electron chi connectivity index (χ1n) is 6.88. The molecule has 1 aliphatic rings. The van der Waals surface area contributed by atoms with Gasteiger partial charge in [0, 0.05) is 18.3 Å². The van der Waals surface area contributed by atoms with Crippen molar-refractivity contribution in [2.24, 2.45) is 0 Å². The standard InChI is InChI=1S/C15H24N2O/c1-17-12-4-3-5-14(17)10-11-16-13-6-8-15(18-2)9-7-13/h6-9,14,16H,3-5,10-12H2,1-2H3. The number of piperidine rings is 1. The number of rotatable bonds is 5. The van der Waals surface area contributed by atoms with Crippen LogP contribution in [-0.4, -0.2) is 38.2 Å². The van der Waals surface area contributed by atoms with Crippen LogP contribution in [0, 0.1) is 0 Å². The SMILES string of the molecule is COc1ccc(NCCC2CCCCN2C)cc1. The van der Waals surface area contributed by atoms with Gasteiger partial charge in [-0.2, -0.15) is 0 Å². The number of nitrogens with one attached hydrogen (secondary N) is 1. The predicted octanol–water partition coefficient (Wildman–Crippen LogP) is 2.98. The molecule has 0 spiro atoms. The summed E-state index contributed by atoms with van der Waals surface area (Å²) in [5.74, 6) is 0.910. The van der Waals surface area contributed by atoms with Crippen molar-refractivity contribution in [2.45, 2.75) is 31.7 Å². The normalized spacial score (nSPS) is 20.7.